The average molecular weight is 290 g/mol. The predicted octanol–water partition coefficient (Wildman–Crippen LogP) is 2.87. The Hall–Kier alpha value is -1.49. The molecule has 1 aromatic rings. The fourth-order valence-corrected chi connectivity index (χ4v) is 2.37. The molecular weight excluding hydrogens is 268 g/mol. The molecule has 0 N–H and O–H groups in total. The van der Waals surface area contributed by atoms with Gasteiger partial charge in [0.05, 0.1) is 12.7 Å². The lowest BCUT2D eigenvalue weighted by Crippen LogP contribution is -2.31. The first-order valence-corrected chi connectivity index (χ1v) is 7.15. The molecule has 4 nitrogen and oxygen atoms in total. The minimum atomic E-state index is -0.743. The molecule has 1 heterocycles. The van der Waals surface area contributed by atoms with E-state index >= 15 is 0 Å². The molecule has 0 unspecified atom stereocenters. The number of ether oxygens (including phenoxy) is 3. The van der Waals surface area contributed by atoms with Crippen LogP contribution in [-0.2, 0) is 25.6 Å². The first-order chi connectivity index (χ1) is 10.0. The van der Waals surface area contributed by atoms with E-state index in [-0.39, 0.29) is 11.9 Å². The summed E-state index contributed by atoms with van der Waals surface area (Å²) in [5.74, 6) is -0.887. The molecule has 2 rings (SSSR count). The van der Waals surface area contributed by atoms with E-state index in [0.717, 1.165) is 5.56 Å². The van der Waals surface area contributed by atoms with Gasteiger partial charge in [-0.05, 0) is 25.5 Å². The van der Waals surface area contributed by atoms with Crippen LogP contribution in [0.1, 0.15) is 25.8 Å². The van der Waals surface area contributed by atoms with Crippen molar-refractivity contribution in [3.8, 4) is 0 Å². The third kappa shape index (κ3) is 4.49. The van der Waals surface area contributed by atoms with Crippen LogP contribution in [0.2, 0.25) is 0 Å². The Morgan fingerprint density at radius 1 is 1.33 bits per heavy atom. The molecule has 1 aliphatic rings. The van der Waals surface area contributed by atoms with Crippen molar-refractivity contribution in [2.45, 2.75) is 44.9 Å². The van der Waals surface area contributed by atoms with Crippen molar-refractivity contribution in [3.05, 3.63) is 48.6 Å². The molecule has 0 aromatic heterocycles. The molecule has 0 bridgehead atoms. The van der Waals surface area contributed by atoms with Crippen LogP contribution >= 0.6 is 0 Å². The van der Waals surface area contributed by atoms with Crippen LogP contribution in [0.25, 0.3) is 0 Å². The summed E-state index contributed by atoms with van der Waals surface area (Å²) in [5.41, 5.74) is 1.13. The lowest BCUT2D eigenvalue weighted by molar-refractivity contribution is -0.153. The largest absolute Gasteiger partial charge is 0.377 e. The molecule has 0 spiro atoms. The van der Waals surface area contributed by atoms with Gasteiger partial charge in [-0.2, -0.15) is 0 Å². The molecule has 2 atom stereocenters. The van der Waals surface area contributed by atoms with Gasteiger partial charge in [-0.1, -0.05) is 36.9 Å². The summed E-state index contributed by atoms with van der Waals surface area (Å²) >= 11 is 0. The Kier molecular flexibility index (Phi) is 5.28. The Labute approximate surface area is 125 Å². The molecular formula is C17H22O4. The first kappa shape index (κ1) is 15.9. The van der Waals surface area contributed by atoms with Crippen molar-refractivity contribution in [2.75, 3.05) is 6.61 Å². The summed E-state index contributed by atoms with van der Waals surface area (Å²) in [4.78, 5) is 11.8. The van der Waals surface area contributed by atoms with Gasteiger partial charge in [0.25, 0.3) is 0 Å². The fourth-order valence-electron chi connectivity index (χ4n) is 2.37. The van der Waals surface area contributed by atoms with Gasteiger partial charge in [0, 0.05) is 13.0 Å². The topological polar surface area (TPSA) is 44.8 Å². The molecule has 0 amide bonds. The van der Waals surface area contributed by atoms with Crippen molar-refractivity contribution in [1.29, 1.82) is 0 Å². The predicted molar refractivity (Wildman–Crippen MR) is 79.7 cm³/mol. The van der Waals surface area contributed by atoms with Gasteiger partial charge in [-0.15, -0.1) is 0 Å². The van der Waals surface area contributed by atoms with E-state index in [0.29, 0.717) is 19.6 Å². The summed E-state index contributed by atoms with van der Waals surface area (Å²) in [6, 6.07) is 9.97. The molecule has 0 aliphatic carbocycles. The Bertz CT molecular complexity index is 481. The van der Waals surface area contributed by atoms with Crippen LogP contribution in [0.3, 0.4) is 0 Å². The highest BCUT2D eigenvalue weighted by molar-refractivity contribution is 5.93. The van der Waals surface area contributed by atoms with Crippen LogP contribution in [0, 0.1) is 0 Å². The van der Waals surface area contributed by atoms with E-state index in [1.165, 1.54) is 6.08 Å². The molecule has 0 radical (unpaired) electrons. The minimum absolute atomic E-state index is 0.145. The molecule has 4 heteroatoms. The maximum Gasteiger partial charge on any atom is 0.186 e. The van der Waals surface area contributed by atoms with Crippen molar-refractivity contribution in [1.82, 2.24) is 0 Å². The van der Waals surface area contributed by atoms with Gasteiger partial charge >= 0.3 is 0 Å². The van der Waals surface area contributed by atoms with Gasteiger partial charge in [0.1, 0.15) is 6.10 Å². The van der Waals surface area contributed by atoms with Crippen LogP contribution in [-0.4, -0.2) is 30.4 Å². The van der Waals surface area contributed by atoms with E-state index in [1.807, 2.05) is 30.3 Å². The maximum atomic E-state index is 11.8. The number of carbonyl (C=O) groups is 1. The van der Waals surface area contributed by atoms with Gasteiger partial charge in [0.2, 0.25) is 0 Å². The molecule has 1 aromatic carbocycles. The van der Waals surface area contributed by atoms with Crippen LogP contribution in [0.4, 0.5) is 0 Å². The lowest BCUT2D eigenvalue weighted by Gasteiger charge is -2.16. The third-order valence-electron chi connectivity index (χ3n) is 3.32. The molecule has 1 saturated heterocycles. The number of rotatable bonds is 7. The summed E-state index contributed by atoms with van der Waals surface area (Å²) in [7, 11) is 0. The summed E-state index contributed by atoms with van der Waals surface area (Å²) < 4.78 is 17.0. The Balaban J connectivity index is 1.81. The molecule has 1 fully saturated rings. The van der Waals surface area contributed by atoms with E-state index in [1.54, 1.807) is 13.8 Å². The first-order valence-electron chi connectivity index (χ1n) is 7.15. The monoisotopic (exact) mass is 290 g/mol. The van der Waals surface area contributed by atoms with Crippen molar-refractivity contribution >= 4 is 5.78 Å². The fraction of sp³-hybridized carbons (Fsp3) is 0.471. The molecule has 1 aliphatic heterocycles. The maximum absolute atomic E-state index is 11.8. The van der Waals surface area contributed by atoms with E-state index in [9.17, 15) is 4.79 Å². The zero-order valence-corrected chi connectivity index (χ0v) is 12.6. The zero-order valence-electron chi connectivity index (χ0n) is 12.6. The van der Waals surface area contributed by atoms with Crippen molar-refractivity contribution in [3.63, 3.8) is 0 Å². The summed E-state index contributed by atoms with van der Waals surface area (Å²) in [5, 5.41) is 0. The Morgan fingerprint density at radius 3 is 2.71 bits per heavy atom. The number of benzene rings is 1. The van der Waals surface area contributed by atoms with Crippen molar-refractivity contribution < 1.29 is 19.0 Å². The molecule has 0 saturated carbocycles. The number of carbonyl (C=O) groups excluding carboxylic acids is 1. The van der Waals surface area contributed by atoms with Gasteiger partial charge < -0.3 is 14.2 Å². The molecule has 114 valence electrons. The highest BCUT2D eigenvalue weighted by atomic mass is 16.8. The summed E-state index contributed by atoms with van der Waals surface area (Å²) in [6.45, 7) is 8.19. The lowest BCUT2D eigenvalue weighted by atomic mass is 10.1. The highest BCUT2D eigenvalue weighted by Crippen LogP contribution is 2.30. The van der Waals surface area contributed by atoms with E-state index in [4.69, 9.17) is 14.2 Å². The summed E-state index contributed by atoms with van der Waals surface area (Å²) in [6.07, 6.45) is 1.02. The minimum Gasteiger partial charge on any atom is -0.377 e. The number of hydrogen-bond donors (Lipinski definition) is 0. The van der Waals surface area contributed by atoms with Crippen LogP contribution < -0.4 is 0 Å². The average Bonchev–Trinajstić information content (AvgIpc) is 2.79. The Morgan fingerprint density at radius 2 is 2.05 bits per heavy atom. The van der Waals surface area contributed by atoms with Crippen LogP contribution in [0.5, 0.6) is 0 Å². The second kappa shape index (κ2) is 6.98. The number of ketones is 1. The van der Waals surface area contributed by atoms with Gasteiger partial charge in [-0.3, -0.25) is 4.79 Å². The normalized spacial score (nSPS) is 23.9. The van der Waals surface area contributed by atoms with Gasteiger partial charge in [-0.25, -0.2) is 0 Å². The smallest absolute Gasteiger partial charge is 0.186 e. The zero-order chi connectivity index (χ0) is 15.3. The molecule has 21 heavy (non-hydrogen) atoms. The number of hydrogen-bond acceptors (Lipinski definition) is 4. The van der Waals surface area contributed by atoms with Crippen molar-refractivity contribution in [2.24, 2.45) is 0 Å². The standard InChI is InChI=1S/C17H22O4/c1-4-14(18)16-15(20-17(2,3)21-16)10-11-19-12-13-8-6-5-7-9-13/h4-9,15-16H,1,10-12H2,2-3H3/t15-,16+/m1/s1. The van der Waals surface area contributed by atoms with Crippen LogP contribution in [0.15, 0.2) is 43.0 Å². The van der Waals surface area contributed by atoms with E-state index < -0.39 is 11.9 Å². The quantitative estimate of drug-likeness (QED) is 0.572. The SMILES string of the molecule is C=CC(=O)[C@@H]1OC(C)(C)O[C@@H]1CCOCc1ccccc1. The second-order valence-electron chi connectivity index (χ2n) is 5.53. The van der Waals surface area contributed by atoms with E-state index in [2.05, 4.69) is 6.58 Å². The second-order valence-corrected chi connectivity index (χ2v) is 5.53. The third-order valence-corrected chi connectivity index (χ3v) is 3.32. The highest BCUT2D eigenvalue weighted by Gasteiger charge is 2.43. The van der Waals surface area contributed by atoms with Gasteiger partial charge in [0.15, 0.2) is 11.6 Å².